The number of para-hydroxylation sites is 1. The molecule has 2 aromatic rings. The molecule has 0 atom stereocenters. The summed E-state index contributed by atoms with van der Waals surface area (Å²) in [6, 6.07) is 10.4. The molecule has 1 aliphatic heterocycles. The Labute approximate surface area is 144 Å². The highest BCUT2D eigenvalue weighted by molar-refractivity contribution is 9.10. The molecule has 1 saturated heterocycles. The molecule has 1 aromatic heterocycles. The smallest absolute Gasteiger partial charge is 0.316 e. The van der Waals surface area contributed by atoms with Gasteiger partial charge in [0.15, 0.2) is 0 Å². The van der Waals surface area contributed by atoms with E-state index in [2.05, 4.69) is 30.8 Å². The van der Waals surface area contributed by atoms with E-state index in [1.165, 1.54) is 0 Å². The van der Waals surface area contributed by atoms with Crippen molar-refractivity contribution in [3.8, 4) is 11.8 Å². The second-order valence-corrected chi connectivity index (χ2v) is 6.42. The van der Waals surface area contributed by atoms with Gasteiger partial charge in [0.2, 0.25) is 0 Å². The van der Waals surface area contributed by atoms with Crippen LogP contribution in [0.1, 0.15) is 12.8 Å². The molecule has 0 N–H and O–H groups in total. The van der Waals surface area contributed by atoms with Gasteiger partial charge in [0.05, 0.1) is 4.47 Å². The molecule has 5 nitrogen and oxygen atoms in total. The van der Waals surface area contributed by atoms with Crippen molar-refractivity contribution in [2.75, 3.05) is 26.2 Å². The second-order valence-electron chi connectivity index (χ2n) is 5.50. The van der Waals surface area contributed by atoms with Crippen LogP contribution in [0.3, 0.4) is 0 Å². The first-order valence-electron chi connectivity index (χ1n) is 7.84. The van der Waals surface area contributed by atoms with Gasteiger partial charge in [0.25, 0.3) is 0 Å². The zero-order chi connectivity index (χ0) is 15.9. The zero-order valence-corrected chi connectivity index (χ0v) is 14.5. The predicted molar refractivity (Wildman–Crippen MR) is 91.8 cm³/mol. The summed E-state index contributed by atoms with van der Waals surface area (Å²) in [4.78, 5) is 10.7. The Kier molecular flexibility index (Phi) is 5.82. The van der Waals surface area contributed by atoms with Crippen LogP contribution in [0.25, 0.3) is 0 Å². The number of halogens is 1. The van der Waals surface area contributed by atoms with E-state index >= 15 is 0 Å². The minimum absolute atomic E-state index is 0.197. The van der Waals surface area contributed by atoms with Crippen molar-refractivity contribution in [2.24, 2.45) is 0 Å². The second kappa shape index (κ2) is 8.26. The fourth-order valence-corrected chi connectivity index (χ4v) is 2.78. The van der Waals surface area contributed by atoms with E-state index in [1.807, 2.05) is 30.3 Å². The first kappa shape index (κ1) is 16.2. The lowest BCUT2D eigenvalue weighted by atomic mass is 10.1. The Balaban J connectivity index is 1.36. The maximum Gasteiger partial charge on any atom is 0.316 e. The minimum atomic E-state index is 0.197. The first-order valence-corrected chi connectivity index (χ1v) is 8.63. The summed E-state index contributed by atoms with van der Waals surface area (Å²) in [7, 11) is 0. The van der Waals surface area contributed by atoms with Crippen molar-refractivity contribution in [1.29, 1.82) is 0 Å². The molecule has 0 aliphatic carbocycles. The molecule has 3 rings (SSSR count). The maximum absolute atomic E-state index is 5.83. The molecule has 0 bridgehead atoms. The molecule has 6 heteroatoms. The summed E-state index contributed by atoms with van der Waals surface area (Å²) in [5.41, 5.74) is 0. The SMILES string of the molecule is Brc1cnc(OC2CCN(CCOc3ccccc3)CC2)nc1. The molecule has 0 radical (unpaired) electrons. The van der Waals surface area contributed by atoms with Crippen LogP contribution in [0.5, 0.6) is 11.8 Å². The van der Waals surface area contributed by atoms with Gasteiger partial charge in [-0.05, 0) is 40.9 Å². The number of hydrogen-bond donors (Lipinski definition) is 0. The topological polar surface area (TPSA) is 47.5 Å². The average molecular weight is 378 g/mol. The molecule has 1 fully saturated rings. The molecule has 0 saturated carbocycles. The van der Waals surface area contributed by atoms with E-state index in [4.69, 9.17) is 9.47 Å². The number of aromatic nitrogens is 2. The van der Waals surface area contributed by atoms with E-state index in [0.717, 1.165) is 42.7 Å². The molecule has 0 amide bonds. The van der Waals surface area contributed by atoms with Gasteiger partial charge in [-0.15, -0.1) is 0 Å². The van der Waals surface area contributed by atoms with E-state index in [9.17, 15) is 0 Å². The Morgan fingerprint density at radius 2 is 1.78 bits per heavy atom. The van der Waals surface area contributed by atoms with E-state index in [0.29, 0.717) is 12.6 Å². The van der Waals surface area contributed by atoms with Crippen molar-refractivity contribution >= 4 is 15.9 Å². The Hall–Kier alpha value is -1.66. The maximum atomic E-state index is 5.83. The first-order chi connectivity index (χ1) is 11.3. The van der Waals surface area contributed by atoms with Gasteiger partial charge in [-0.25, -0.2) is 9.97 Å². The van der Waals surface area contributed by atoms with Crippen molar-refractivity contribution in [3.63, 3.8) is 0 Å². The quantitative estimate of drug-likeness (QED) is 0.773. The molecule has 23 heavy (non-hydrogen) atoms. The number of piperidine rings is 1. The van der Waals surface area contributed by atoms with Crippen LogP contribution in [0.2, 0.25) is 0 Å². The highest BCUT2D eigenvalue weighted by Crippen LogP contribution is 2.17. The van der Waals surface area contributed by atoms with Crippen LogP contribution in [0.4, 0.5) is 0 Å². The van der Waals surface area contributed by atoms with Crippen molar-refractivity contribution in [2.45, 2.75) is 18.9 Å². The van der Waals surface area contributed by atoms with Crippen molar-refractivity contribution in [3.05, 3.63) is 47.2 Å². The van der Waals surface area contributed by atoms with Crippen LogP contribution < -0.4 is 9.47 Å². The van der Waals surface area contributed by atoms with Crippen LogP contribution in [0.15, 0.2) is 47.2 Å². The minimum Gasteiger partial charge on any atom is -0.492 e. The highest BCUT2D eigenvalue weighted by atomic mass is 79.9. The molecule has 122 valence electrons. The van der Waals surface area contributed by atoms with Crippen molar-refractivity contribution in [1.82, 2.24) is 14.9 Å². The number of nitrogens with zero attached hydrogens (tertiary/aromatic N) is 3. The third-order valence-corrected chi connectivity index (χ3v) is 4.23. The van der Waals surface area contributed by atoms with Gasteiger partial charge in [-0.2, -0.15) is 0 Å². The number of ether oxygens (including phenoxy) is 2. The third kappa shape index (κ3) is 5.18. The van der Waals surface area contributed by atoms with Gasteiger partial charge in [-0.1, -0.05) is 18.2 Å². The van der Waals surface area contributed by atoms with Crippen LogP contribution in [0, 0.1) is 0 Å². The Morgan fingerprint density at radius 1 is 1.09 bits per heavy atom. The fraction of sp³-hybridized carbons (Fsp3) is 0.412. The van der Waals surface area contributed by atoms with Crippen LogP contribution in [-0.2, 0) is 0 Å². The molecule has 1 aromatic carbocycles. The number of hydrogen-bond acceptors (Lipinski definition) is 5. The van der Waals surface area contributed by atoms with E-state index in [-0.39, 0.29) is 6.10 Å². The number of likely N-dealkylation sites (tertiary alicyclic amines) is 1. The lowest BCUT2D eigenvalue weighted by molar-refractivity contribution is 0.0847. The van der Waals surface area contributed by atoms with Gasteiger partial charge < -0.3 is 9.47 Å². The lowest BCUT2D eigenvalue weighted by Crippen LogP contribution is -2.40. The van der Waals surface area contributed by atoms with Gasteiger partial charge >= 0.3 is 6.01 Å². The van der Waals surface area contributed by atoms with Crippen molar-refractivity contribution < 1.29 is 9.47 Å². The third-order valence-electron chi connectivity index (χ3n) is 3.82. The standard InChI is InChI=1S/C17H20BrN3O2/c18-14-12-19-17(20-13-14)23-16-6-8-21(9-7-16)10-11-22-15-4-2-1-3-5-15/h1-5,12-13,16H,6-11H2. The zero-order valence-electron chi connectivity index (χ0n) is 12.9. The Bertz CT molecular complexity index is 587. The normalized spacial score (nSPS) is 16.2. The molecule has 1 aliphatic rings. The molecular formula is C17H20BrN3O2. The largest absolute Gasteiger partial charge is 0.492 e. The highest BCUT2D eigenvalue weighted by Gasteiger charge is 2.21. The average Bonchev–Trinajstić information content (AvgIpc) is 2.59. The fourth-order valence-electron chi connectivity index (χ4n) is 2.57. The molecule has 2 heterocycles. The monoisotopic (exact) mass is 377 g/mol. The molecular weight excluding hydrogens is 358 g/mol. The van der Waals surface area contributed by atoms with Gasteiger partial charge in [0, 0.05) is 32.0 Å². The van der Waals surface area contributed by atoms with Crippen LogP contribution >= 0.6 is 15.9 Å². The summed E-state index contributed by atoms with van der Waals surface area (Å²) < 4.78 is 12.4. The summed E-state index contributed by atoms with van der Waals surface area (Å²) in [6.45, 7) is 3.68. The molecule has 0 spiro atoms. The van der Waals surface area contributed by atoms with Crippen LogP contribution in [-0.4, -0.2) is 47.2 Å². The summed E-state index contributed by atoms with van der Waals surface area (Å²) in [6.07, 6.45) is 5.59. The summed E-state index contributed by atoms with van der Waals surface area (Å²) in [5.74, 6) is 0.929. The molecule has 0 unspecified atom stereocenters. The summed E-state index contributed by atoms with van der Waals surface area (Å²) >= 11 is 3.32. The number of rotatable bonds is 6. The Morgan fingerprint density at radius 3 is 2.48 bits per heavy atom. The van der Waals surface area contributed by atoms with E-state index in [1.54, 1.807) is 12.4 Å². The number of benzene rings is 1. The van der Waals surface area contributed by atoms with Gasteiger partial charge in [-0.3, -0.25) is 4.90 Å². The van der Waals surface area contributed by atoms with Gasteiger partial charge in [0.1, 0.15) is 18.5 Å². The van der Waals surface area contributed by atoms with E-state index < -0.39 is 0 Å². The predicted octanol–water partition coefficient (Wildman–Crippen LogP) is 3.16. The lowest BCUT2D eigenvalue weighted by Gasteiger charge is -2.31. The summed E-state index contributed by atoms with van der Waals surface area (Å²) in [5, 5.41) is 0.